The van der Waals surface area contributed by atoms with E-state index in [1.54, 1.807) is 12.4 Å². The maximum absolute atomic E-state index is 5.99. The normalized spacial score (nSPS) is 10.2. The molecule has 0 aliphatic rings. The number of aromatic nitrogens is 1. The van der Waals surface area contributed by atoms with Crippen molar-refractivity contribution in [3.8, 4) is 5.75 Å². The fraction of sp³-hybridized carbons (Fsp3) is 0.154. The molecule has 0 saturated carbocycles. The number of rotatable bonds is 3. The van der Waals surface area contributed by atoms with Crippen LogP contribution in [0.15, 0.2) is 36.7 Å². The third kappa shape index (κ3) is 2.68. The number of halogens is 1. The summed E-state index contributed by atoms with van der Waals surface area (Å²) in [7, 11) is 0. The number of hydrogen-bond donors (Lipinski definition) is 1. The van der Waals surface area contributed by atoms with Crippen LogP contribution in [-0.2, 0) is 6.61 Å². The van der Waals surface area contributed by atoms with Gasteiger partial charge in [-0.3, -0.25) is 4.98 Å². The van der Waals surface area contributed by atoms with Crippen LogP contribution in [0.4, 0.5) is 5.69 Å². The smallest absolute Gasteiger partial charge is 0.124 e. The largest absolute Gasteiger partial charge is 0.488 e. The molecule has 0 aliphatic heterocycles. The maximum atomic E-state index is 5.99. The Labute approximate surface area is 105 Å². The molecule has 0 amide bonds. The maximum Gasteiger partial charge on any atom is 0.124 e. The second kappa shape index (κ2) is 5.06. The Balaban J connectivity index is 2.13. The molecule has 17 heavy (non-hydrogen) atoms. The van der Waals surface area contributed by atoms with E-state index in [2.05, 4.69) is 4.98 Å². The van der Waals surface area contributed by atoms with Gasteiger partial charge in [0.15, 0.2) is 0 Å². The summed E-state index contributed by atoms with van der Waals surface area (Å²) >= 11 is 5.99. The first-order valence-electron chi connectivity index (χ1n) is 5.25. The average molecular weight is 249 g/mol. The predicted octanol–water partition coefficient (Wildman–Crippen LogP) is 3.20. The number of nitrogen functional groups attached to an aromatic ring is 1. The number of ether oxygens (including phenoxy) is 1. The minimum Gasteiger partial charge on any atom is -0.488 e. The van der Waals surface area contributed by atoms with Gasteiger partial charge in [0.1, 0.15) is 12.4 Å². The van der Waals surface area contributed by atoms with Crippen molar-refractivity contribution in [1.29, 1.82) is 0 Å². The molecule has 0 aliphatic carbocycles. The van der Waals surface area contributed by atoms with Gasteiger partial charge in [0.25, 0.3) is 0 Å². The minimum absolute atomic E-state index is 0.408. The van der Waals surface area contributed by atoms with Gasteiger partial charge in [0.2, 0.25) is 0 Å². The van der Waals surface area contributed by atoms with E-state index in [4.69, 9.17) is 22.1 Å². The van der Waals surface area contributed by atoms with Gasteiger partial charge in [-0.1, -0.05) is 17.7 Å². The molecule has 0 unspecified atom stereocenters. The van der Waals surface area contributed by atoms with Gasteiger partial charge in [-0.15, -0.1) is 0 Å². The second-order valence-electron chi connectivity index (χ2n) is 3.73. The molecular weight excluding hydrogens is 236 g/mol. The van der Waals surface area contributed by atoms with Gasteiger partial charge in [-0.05, 0) is 25.1 Å². The molecule has 3 nitrogen and oxygen atoms in total. The summed E-state index contributed by atoms with van der Waals surface area (Å²) in [5, 5.41) is 0.606. The first-order valence-corrected chi connectivity index (χ1v) is 5.62. The van der Waals surface area contributed by atoms with Crippen molar-refractivity contribution in [1.82, 2.24) is 4.98 Å². The molecule has 0 radical (unpaired) electrons. The molecule has 0 spiro atoms. The average Bonchev–Trinajstić information content (AvgIpc) is 2.33. The number of anilines is 1. The molecule has 4 heteroatoms. The monoisotopic (exact) mass is 248 g/mol. The Bertz CT molecular complexity index is 529. The van der Waals surface area contributed by atoms with Gasteiger partial charge in [0, 0.05) is 29.2 Å². The lowest BCUT2D eigenvalue weighted by molar-refractivity contribution is 0.304. The highest BCUT2D eigenvalue weighted by atomic mass is 35.5. The van der Waals surface area contributed by atoms with Crippen molar-refractivity contribution in [2.45, 2.75) is 13.5 Å². The van der Waals surface area contributed by atoms with Crippen molar-refractivity contribution >= 4 is 17.3 Å². The fourth-order valence-corrected chi connectivity index (χ4v) is 1.64. The molecule has 2 N–H and O–H groups in total. The molecule has 0 atom stereocenters. The van der Waals surface area contributed by atoms with Crippen LogP contribution < -0.4 is 10.5 Å². The summed E-state index contributed by atoms with van der Waals surface area (Å²) in [5.41, 5.74) is 8.38. The van der Waals surface area contributed by atoms with Crippen LogP contribution in [0.25, 0.3) is 0 Å². The molecule has 88 valence electrons. The Kier molecular flexibility index (Phi) is 3.49. The molecule has 0 fully saturated rings. The fourth-order valence-electron chi connectivity index (χ4n) is 1.46. The molecule has 2 rings (SSSR count). The zero-order valence-electron chi connectivity index (χ0n) is 9.48. The van der Waals surface area contributed by atoms with Crippen LogP contribution in [-0.4, -0.2) is 4.98 Å². The predicted molar refractivity (Wildman–Crippen MR) is 69.2 cm³/mol. The molecule has 1 aromatic carbocycles. The van der Waals surface area contributed by atoms with E-state index in [1.807, 2.05) is 31.2 Å². The van der Waals surface area contributed by atoms with Gasteiger partial charge in [-0.25, -0.2) is 0 Å². The zero-order valence-corrected chi connectivity index (χ0v) is 10.2. The summed E-state index contributed by atoms with van der Waals surface area (Å²) in [6.45, 7) is 2.34. The second-order valence-corrected chi connectivity index (χ2v) is 4.13. The highest BCUT2D eigenvalue weighted by Gasteiger charge is 2.04. The number of pyridine rings is 1. The Morgan fingerprint density at radius 3 is 2.94 bits per heavy atom. The van der Waals surface area contributed by atoms with E-state index < -0.39 is 0 Å². The number of nitrogens with zero attached hydrogens (tertiary/aromatic N) is 1. The molecule has 1 heterocycles. The summed E-state index contributed by atoms with van der Waals surface area (Å²) < 4.78 is 5.69. The SMILES string of the molecule is Cc1c(N)cccc1OCc1ccncc1Cl. The summed E-state index contributed by atoms with van der Waals surface area (Å²) in [5.74, 6) is 0.776. The third-order valence-electron chi connectivity index (χ3n) is 2.57. The quantitative estimate of drug-likeness (QED) is 0.849. The highest BCUT2D eigenvalue weighted by Crippen LogP contribution is 2.24. The van der Waals surface area contributed by atoms with Crippen molar-refractivity contribution in [2.75, 3.05) is 5.73 Å². The molecule has 0 saturated heterocycles. The van der Waals surface area contributed by atoms with E-state index in [1.165, 1.54) is 0 Å². The minimum atomic E-state index is 0.408. The van der Waals surface area contributed by atoms with Crippen molar-refractivity contribution in [2.24, 2.45) is 0 Å². The van der Waals surface area contributed by atoms with Crippen molar-refractivity contribution in [3.63, 3.8) is 0 Å². The van der Waals surface area contributed by atoms with E-state index in [0.29, 0.717) is 11.6 Å². The lowest BCUT2D eigenvalue weighted by Crippen LogP contribution is -1.99. The van der Waals surface area contributed by atoms with E-state index in [-0.39, 0.29) is 0 Å². The first kappa shape index (κ1) is 11.7. The van der Waals surface area contributed by atoms with Crippen molar-refractivity contribution in [3.05, 3.63) is 52.8 Å². The zero-order chi connectivity index (χ0) is 12.3. The molecular formula is C13H13ClN2O. The van der Waals surface area contributed by atoms with Crippen LogP contribution in [0.2, 0.25) is 5.02 Å². The summed E-state index contributed by atoms with van der Waals surface area (Å²) in [4.78, 5) is 3.92. The summed E-state index contributed by atoms with van der Waals surface area (Å²) in [6.07, 6.45) is 3.29. The van der Waals surface area contributed by atoms with E-state index >= 15 is 0 Å². The standard InChI is InChI=1S/C13H13ClN2O/c1-9-12(15)3-2-4-13(9)17-8-10-5-6-16-7-11(10)14/h2-7H,8,15H2,1H3. The van der Waals surface area contributed by atoms with Crippen LogP contribution in [0.1, 0.15) is 11.1 Å². The van der Waals surface area contributed by atoms with Crippen LogP contribution >= 0.6 is 11.6 Å². The van der Waals surface area contributed by atoms with Gasteiger partial charge in [-0.2, -0.15) is 0 Å². The number of benzene rings is 1. The van der Waals surface area contributed by atoms with E-state index in [0.717, 1.165) is 22.6 Å². The van der Waals surface area contributed by atoms with Crippen LogP contribution in [0.5, 0.6) is 5.75 Å². The summed E-state index contributed by atoms with van der Waals surface area (Å²) in [6, 6.07) is 7.44. The van der Waals surface area contributed by atoms with Crippen LogP contribution in [0.3, 0.4) is 0 Å². The van der Waals surface area contributed by atoms with E-state index in [9.17, 15) is 0 Å². The molecule has 0 bridgehead atoms. The molecule has 2 aromatic rings. The number of nitrogens with two attached hydrogens (primary N) is 1. The number of hydrogen-bond acceptors (Lipinski definition) is 3. The third-order valence-corrected chi connectivity index (χ3v) is 2.91. The lowest BCUT2D eigenvalue weighted by Gasteiger charge is -2.11. The van der Waals surface area contributed by atoms with Gasteiger partial charge in [0.05, 0.1) is 5.02 Å². The Hall–Kier alpha value is -1.74. The Morgan fingerprint density at radius 1 is 1.35 bits per heavy atom. The van der Waals surface area contributed by atoms with Gasteiger partial charge < -0.3 is 10.5 Å². The molecule has 1 aromatic heterocycles. The van der Waals surface area contributed by atoms with Crippen LogP contribution in [0, 0.1) is 6.92 Å². The lowest BCUT2D eigenvalue weighted by atomic mass is 10.2. The Morgan fingerprint density at radius 2 is 2.18 bits per heavy atom. The highest BCUT2D eigenvalue weighted by molar-refractivity contribution is 6.31. The van der Waals surface area contributed by atoms with Gasteiger partial charge >= 0.3 is 0 Å². The topological polar surface area (TPSA) is 48.1 Å². The first-order chi connectivity index (χ1) is 8.18. The van der Waals surface area contributed by atoms with Crippen molar-refractivity contribution < 1.29 is 4.74 Å².